The molecule has 0 radical (unpaired) electrons. The van der Waals surface area contributed by atoms with E-state index in [4.69, 9.17) is 5.26 Å². The van der Waals surface area contributed by atoms with Gasteiger partial charge in [0.1, 0.15) is 0 Å². The molecule has 0 aromatic carbocycles. The third-order valence-electron chi connectivity index (χ3n) is 0.834. The first-order valence-corrected chi connectivity index (χ1v) is 3.31. The van der Waals surface area contributed by atoms with Gasteiger partial charge < -0.3 is 0 Å². The van der Waals surface area contributed by atoms with Crippen LogP contribution in [0.2, 0.25) is 0 Å². The van der Waals surface area contributed by atoms with E-state index in [0.717, 1.165) is 0 Å². The fourth-order valence-corrected chi connectivity index (χ4v) is 0.718. The van der Waals surface area contributed by atoms with Gasteiger partial charge in [-0.3, -0.25) is 0 Å². The average molecular weight is 141 g/mol. The molecular weight excluding hydrogens is 126 g/mol. The maximum atomic E-state index is 8.30. The van der Waals surface area contributed by atoms with Gasteiger partial charge in [-0.05, 0) is 20.8 Å². The van der Waals surface area contributed by atoms with Crippen molar-refractivity contribution in [1.82, 2.24) is 10.4 Å². The molecule has 10 heavy (non-hydrogen) atoms. The van der Waals surface area contributed by atoms with Gasteiger partial charge in [-0.15, -0.1) is 0 Å². The second-order valence-electron chi connectivity index (χ2n) is 3.38. The lowest BCUT2D eigenvalue weighted by atomic mass is 10.1. The van der Waals surface area contributed by atoms with E-state index in [0.29, 0.717) is 6.54 Å². The van der Waals surface area contributed by atoms with E-state index >= 15 is 0 Å². The van der Waals surface area contributed by atoms with Gasteiger partial charge in [-0.2, -0.15) is 5.26 Å². The Morgan fingerprint density at radius 3 is 2.30 bits per heavy atom. The molecule has 3 heteroatoms. The van der Waals surface area contributed by atoms with Crippen molar-refractivity contribution < 1.29 is 0 Å². The number of rotatable bonds is 2. The zero-order valence-electron chi connectivity index (χ0n) is 7.10. The fourth-order valence-electron chi connectivity index (χ4n) is 0.718. The van der Waals surface area contributed by atoms with E-state index in [1.807, 2.05) is 7.05 Å². The predicted octanol–water partition coefficient (Wildman–Crippen LogP) is 0.745. The lowest BCUT2D eigenvalue weighted by molar-refractivity contribution is 0.181. The molecule has 0 aliphatic rings. The largest absolute Gasteiger partial charge is 0.249 e. The summed E-state index contributed by atoms with van der Waals surface area (Å²) in [5.41, 5.74) is 3.18. The van der Waals surface area contributed by atoms with Crippen molar-refractivity contribution in [3.63, 3.8) is 0 Å². The number of hydrogen-bond donors (Lipinski definition) is 1. The summed E-state index contributed by atoms with van der Waals surface area (Å²) in [6.45, 7) is 6.58. The van der Waals surface area contributed by atoms with Crippen molar-refractivity contribution in [2.75, 3.05) is 13.6 Å². The standard InChI is InChI=1S/C7H15N3/c1-7(2,3)9-10(4)6-5-8/h9H,6H2,1-4H3. The van der Waals surface area contributed by atoms with Crippen LogP contribution in [0.5, 0.6) is 0 Å². The molecule has 0 aliphatic heterocycles. The summed E-state index contributed by atoms with van der Waals surface area (Å²) in [4.78, 5) is 0. The molecule has 0 unspecified atom stereocenters. The Balaban J connectivity index is 3.60. The minimum Gasteiger partial charge on any atom is -0.249 e. The second kappa shape index (κ2) is 3.55. The van der Waals surface area contributed by atoms with Crippen molar-refractivity contribution in [2.45, 2.75) is 26.3 Å². The van der Waals surface area contributed by atoms with Gasteiger partial charge >= 0.3 is 0 Å². The molecule has 1 N–H and O–H groups in total. The van der Waals surface area contributed by atoms with Gasteiger partial charge in [0.25, 0.3) is 0 Å². The highest BCUT2D eigenvalue weighted by molar-refractivity contribution is 4.75. The van der Waals surface area contributed by atoms with Crippen LogP contribution in [0.3, 0.4) is 0 Å². The van der Waals surface area contributed by atoms with Crippen LogP contribution in [-0.4, -0.2) is 24.1 Å². The Morgan fingerprint density at radius 1 is 1.50 bits per heavy atom. The highest BCUT2D eigenvalue weighted by Crippen LogP contribution is 1.98. The Hall–Kier alpha value is -0.590. The first-order chi connectivity index (χ1) is 4.45. The van der Waals surface area contributed by atoms with E-state index in [2.05, 4.69) is 32.3 Å². The molecule has 0 fully saturated rings. The van der Waals surface area contributed by atoms with E-state index < -0.39 is 0 Å². The number of nitrogens with one attached hydrogen (secondary N) is 1. The summed E-state index contributed by atoms with van der Waals surface area (Å²) < 4.78 is 0. The van der Waals surface area contributed by atoms with Crippen molar-refractivity contribution >= 4 is 0 Å². The topological polar surface area (TPSA) is 39.1 Å². The third kappa shape index (κ3) is 5.54. The van der Waals surface area contributed by atoms with Crippen LogP contribution in [0, 0.1) is 11.3 Å². The van der Waals surface area contributed by atoms with Gasteiger partial charge in [0.05, 0.1) is 12.6 Å². The first-order valence-electron chi connectivity index (χ1n) is 3.31. The molecule has 0 aromatic rings. The quantitative estimate of drug-likeness (QED) is 0.455. The molecular formula is C7H15N3. The van der Waals surface area contributed by atoms with Crippen LogP contribution >= 0.6 is 0 Å². The van der Waals surface area contributed by atoms with Crippen molar-refractivity contribution in [3.8, 4) is 6.07 Å². The summed E-state index contributed by atoms with van der Waals surface area (Å²) in [7, 11) is 1.86. The average Bonchev–Trinajstić information content (AvgIpc) is 1.59. The van der Waals surface area contributed by atoms with Crippen molar-refractivity contribution in [3.05, 3.63) is 0 Å². The number of hydrazine groups is 1. The summed E-state index contributed by atoms with van der Waals surface area (Å²) in [5.74, 6) is 0. The molecule has 3 nitrogen and oxygen atoms in total. The molecule has 0 heterocycles. The fraction of sp³-hybridized carbons (Fsp3) is 0.857. The number of nitriles is 1. The minimum atomic E-state index is 0.0472. The molecule has 0 atom stereocenters. The van der Waals surface area contributed by atoms with E-state index in [9.17, 15) is 0 Å². The smallest absolute Gasteiger partial charge is 0.0999 e. The lowest BCUT2D eigenvalue weighted by Gasteiger charge is -2.26. The Labute approximate surface area is 62.6 Å². The van der Waals surface area contributed by atoms with Gasteiger partial charge in [0.15, 0.2) is 0 Å². The summed E-state index contributed by atoms with van der Waals surface area (Å²) in [6, 6.07) is 2.05. The lowest BCUT2D eigenvalue weighted by Crippen LogP contribution is -2.47. The molecule has 58 valence electrons. The van der Waals surface area contributed by atoms with Crippen LogP contribution in [0.15, 0.2) is 0 Å². The molecule has 0 spiro atoms. The third-order valence-corrected chi connectivity index (χ3v) is 0.834. The maximum Gasteiger partial charge on any atom is 0.0999 e. The van der Waals surface area contributed by atoms with E-state index in [1.165, 1.54) is 0 Å². The predicted molar refractivity (Wildman–Crippen MR) is 41.1 cm³/mol. The van der Waals surface area contributed by atoms with Crippen molar-refractivity contribution in [2.24, 2.45) is 0 Å². The zero-order chi connectivity index (χ0) is 8.20. The first kappa shape index (κ1) is 9.41. The maximum absolute atomic E-state index is 8.30. The van der Waals surface area contributed by atoms with E-state index in [1.54, 1.807) is 5.01 Å². The number of hydrogen-bond acceptors (Lipinski definition) is 3. The monoisotopic (exact) mass is 141 g/mol. The van der Waals surface area contributed by atoms with Crippen LogP contribution in [0.4, 0.5) is 0 Å². The minimum absolute atomic E-state index is 0.0472. The Kier molecular flexibility index (Phi) is 3.34. The molecule has 0 amide bonds. The number of nitrogens with zero attached hydrogens (tertiary/aromatic N) is 2. The van der Waals surface area contributed by atoms with Crippen LogP contribution in [-0.2, 0) is 0 Å². The van der Waals surface area contributed by atoms with Gasteiger partial charge in [-0.25, -0.2) is 10.4 Å². The second-order valence-corrected chi connectivity index (χ2v) is 3.38. The van der Waals surface area contributed by atoms with Crippen LogP contribution in [0.1, 0.15) is 20.8 Å². The highest BCUT2D eigenvalue weighted by atomic mass is 15.5. The summed E-state index contributed by atoms with van der Waals surface area (Å²) in [6.07, 6.45) is 0. The highest BCUT2D eigenvalue weighted by Gasteiger charge is 2.10. The van der Waals surface area contributed by atoms with Gasteiger partial charge in [-0.1, -0.05) is 0 Å². The SMILES string of the molecule is CN(CC#N)NC(C)(C)C. The molecule has 0 aromatic heterocycles. The van der Waals surface area contributed by atoms with Crippen LogP contribution < -0.4 is 5.43 Å². The zero-order valence-corrected chi connectivity index (χ0v) is 7.10. The van der Waals surface area contributed by atoms with Gasteiger partial charge in [0, 0.05) is 12.6 Å². The summed E-state index contributed by atoms with van der Waals surface area (Å²) in [5, 5.41) is 10.1. The van der Waals surface area contributed by atoms with Crippen molar-refractivity contribution in [1.29, 1.82) is 5.26 Å². The molecule has 0 rings (SSSR count). The summed E-state index contributed by atoms with van der Waals surface area (Å²) >= 11 is 0. The van der Waals surface area contributed by atoms with Crippen LogP contribution in [0.25, 0.3) is 0 Å². The molecule has 0 bridgehead atoms. The molecule has 0 aliphatic carbocycles. The molecule has 0 saturated carbocycles. The Bertz CT molecular complexity index is 129. The Morgan fingerprint density at radius 2 is 2.00 bits per heavy atom. The molecule has 0 saturated heterocycles. The van der Waals surface area contributed by atoms with Gasteiger partial charge in [0.2, 0.25) is 0 Å². The normalized spacial score (nSPS) is 11.6. The van der Waals surface area contributed by atoms with E-state index in [-0.39, 0.29) is 5.54 Å².